The van der Waals surface area contributed by atoms with Crippen LogP contribution in [0.1, 0.15) is 80.1 Å². The summed E-state index contributed by atoms with van der Waals surface area (Å²) in [6.45, 7) is 17.0. The van der Waals surface area contributed by atoms with Crippen LogP contribution in [-0.4, -0.2) is 48.2 Å². The molecule has 0 radical (unpaired) electrons. The van der Waals surface area contributed by atoms with E-state index in [4.69, 9.17) is 33.8 Å². The van der Waals surface area contributed by atoms with Crippen molar-refractivity contribution in [2.24, 2.45) is 23.7 Å². The van der Waals surface area contributed by atoms with E-state index in [0.29, 0.717) is 36.7 Å². The van der Waals surface area contributed by atoms with E-state index in [1.54, 1.807) is 0 Å². The topological polar surface area (TPSA) is 64.6 Å². The van der Waals surface area contributed by atoms with E-state index in [0.717, 1.165) is 31.3 Å². The molecule has 4 aliphatic heterocycles. The van der Waals surface area contributed by atoms with Gasteiger partial charge < -0.3 is 14.2 Å². The Labute approximate surface area is 198 Å². The van der Waals surface area contributed by atoms with Gasteiger partial charge in [-0.25, -0.2) is 19.6 Å². The zero-order chi connectivity index (χ0) is 23.6. The van der Waals surface area contributed by atoms with Crippen LogP contribution in [-0.2, 0) is 33.8 Å². The molecule has 0 unspecified atom stereocenters. The molecular weight excluding hydrogens is 424 g/mol. The van der Waals surface area contributed by atoms with Gasteiger partial charge >= 0.3 is 0 Å². The van der Waals surface area contributed by atoms with Crippen LogP contribution < -0.4 is 0 Å². The molecule has 0 aromatic rings. The van der Waals surface area contributed by atoms with E-state index in [-0.39, 0.29) is 30.0 Å². The van der Waals surface area contributed by atoms with Crippen molar-refractivity contribution >= 4 is 0 Å². The van der Waals surface area contributed by atoms with E-state index in [2.05, 4.69) is 20.4 Å². The Morgan fingerprint density at radius 3 is 2.55 bits per heavy atom. The van der Waals surface area contributed by atoms with E-state index < -0.39 is 11.6 Å². The van der Waals surface area contributed by atoms with E-state index in [1.165, 1.54) is 6.42 Å². The van der Waals surface area contributed by atoms with Crippen molar-refractivity contribution in [2.75, 3.05) is 6.61 Å². The minimum Gasteiger partial charge on any atom is -0.378 e. The summed E-state index contributed by atoms with van der Waals surface area (Å²) < 4.78 is 19.3. The Bertz CT molecular complexity index is 755. The quantitative estimate of drug-likeness (QED) is 0.413. The highest BCUT2D eigenvalue weighted by atomic mass is 17.3. The van der Waals surface area contributed by atoms with Gasteiger partial charge in [0.1, 0.15) is 11.7 Å². The van der Waals surface area contributed by atoms with Gasteiger partial charge in [0.15, 0.2) is 11.6 Å². The first kappa shape index (κ1) is 24.2. The summed E-state index contributed by atoms with van der Waals surface area (Å²) in [5, 5.41) is 0. The standard InChI is InChI=1S/C26H42O7/c1-15(2)23-20(28-24(5,6)31-30-23)11-13-27-21-14-22-26-18(10-12-25(7,29-22)32-33-26)16(3)8-9-19(26)17(21)4/h16-23H,1,8-14H2,2-7H3/t16-,17-,18+,19+,20-,21+,22+,23+,25+,26-/m1/s1. The average molecular weight is 467 g/mol. The second-order valence-corrected chi connectivity index (χ2v) is 11.9. The van der Waals surface area contributed by atoms with Gasteiger partial charge in [-0.2, -0.15) is 0 Å². The van der Waals surface area contributed by atoms with Crippen LogP contribution in [0.25, 0.3) is 0 Å². The highest BCUT2D eigenvalue weighted by molar-refractivity contribution is 5.13. The molecular formula is C26H42O7. The second-order valence-electron chi connectivity index (χ2n) is 11.9. The Morgan fingerprint density at radius 1 is 1.00 bits per heavy atom. The van der Waals surface area contributed by atoms with Gasteiger partial charge in [0.25, 0.3) is 0 Å². The van der Waals surface area contributed by atoms with Crippen molar-refractivity contribution in [3.63, 3.8) is 0 Å². The predicted octanol–water partition coefficient (Wildman–Crippen LogP) is 5.09. The van der Waals surface area contributed by atoms with E-state index in [1.807, 2.05) is 27.7 Å². The molecule has 2 bridgehead atoms. The van der Waals surface area contributed by atoms with Crippen molar-refractivity contribution in [3.05, 3.63) is 12.2 Å². The molecule has 6 aliphatic rings. The third kappa shape index (κ3) is 4.11. The summed E-state index contributed by atoms with van der Waals surface area (Å²) >= 11 is 0. The SMILES string of the molecule is C=C(C)[C@@H]1OOC(C)(C)O[C@@H]1CCO[C@H]1C[C@@H]2O[C@]3(C)CC[C@H]4[C@H](C)CC[C@@H]([C@H]1C)[C@@]24OO3. The summed E-state index contributed by atoms with van der Waals surface area (Å²) in [6, 6.07) is 0. The van der Waals surface area contributed by atoms with Crippen molar-refractivity contribution in [1.82, 2.24) is 0 Å². The minimum absolute atomic E-state index is 0.00228. The Balaban J connectivity index is 1.29. The fourth-order valence-corrected chi connectivity index (χ4v) is 7.28. The molecule has 4 heterocycles. The van der Waals surface area contributed by atoms with Crippen LogP contribution in [0, 0.1) is 23.7 Å². The molecule has 188 valence electrons. The Hall–Kier alpha value is -0.540. The largest absolute Gasteiger partial charge is 0.378 e. The molecule has 0 aromatic carbocycles. The van der Waals surface area contributed by atoms with Crippen molar-refractivity contribution < 1.29 is 33.8 Å². The lowest BCUT2D eigenvalue weighted by Gasteiger charge is -2.61. The molecule has 33 heavy (non-hydrogen) atoms. The summed E-state index contributed by atoms with van der Waals surface area (Å²) in [4.78, 5) is 23.3. The zero-order valence-corrected chi connectivity index (χ0v) is 21.1. The van der Waals surface area contributed by atoms with Gasteiger partial charge in [-0.15, -0.1) is 0 Å². The van der Waals surface area contributed by atoms with Gasteiger partial charge in [0.05, 0.1) is 18.3 Å². The van der Waals surface area contributed by atoms with Crippen LogP contribution in [0.2, 0.25) is 0 Å². The lowest BCUT2D eigenvalue weighted by atomic mass is 9.53. The average Bonchev–Trinajstić information content (AvgIpc) is 2.97. The predicted molar refractivity (Wildman–Crippen MR) is 121 cm³/mol. The monoisotopic (exact) mass is 466 g/mol. The molecule has 2 aliphatic carbocycles. The fraction of sp³-hybridized carbons (Fsp3) is 0.923. The maximum atomic E-state index is 6.63. The molecule has 6 rings (SSSR count). The number of hydrogen-bond acceptors (Lipinski definition) is 7. The van der Waals surface area contributed by atoms with Crippen LogP contribution in [0.3, 0.4) is 0 Å². The van der Waals surface area contributed by atoms with Crippen LogP contribution in [0.4, 0.5) is 0 Å². The van der Waals surface area contributed by atoms with Crippen molar-refractivity contribution in [2.45, 2.75) is 122 Å². The first-order valence-corrected chi connectivity index (χ1v) is 12.9. The highest BCUT2D eigenvalue weighted by Gasteiger charge is 2.68. The normalized spacial score (nSPS) is 51.0. The molecule has 0 amide bonds. The van der Waals surface area contributed by atoms with E-state index in [9.17, 15) is 0 Å². The molecule has 4 saturated heterocycles. The summed E-state index contributed by atoms with van der Waals surface area (Å²) in [5.41, 5.74) is 0.541. The van der Waals surface area contributed by atoms with Gasteiger partial charge in [0.2, 0.25) is 0 Å². The molecule has 1 spiro atoms. The maximum absolute atomic E-state index is 6.63. The van der Waals surface area contributed by atoms with Gasteiger partial charge in [0, 0.05) is 25.9 Å². The smallest absolute Gasteiger partial charge is 0.199 e. The lowest BCUT2D eigenvalue weighted by Crippen LogP contribution is -2.69. The lowest BCUT2D eigenvalue weighted by molar-refractivity contribution is -0.541. The number of ether oxygens (including phenoxy) is 3. The zero-order valence-electron chi connectivity index (χ0n) is 21.1. The molecule has 0 aromatic heterocycles. The van der Waals surface area contributed by atoms with Crippen LogP contribution in [0.15, 0.2) is 12.2 Å². The van der Waals surface area contributed by atoms with Crippen LogP contribution >= 0.6 is 0 Å². The van der Waals surface area contributed by atoms with Crippen molar-refractivity contribution in [3.8, 4) is 0 Å². The summed E-state index contributed by atoms with van der Waals surface area (Å²) in [5.74, 6) is 0.390. The number of fused-ring (bicyclic) bond motifs is 2. The third-order valence-electron chi connectivity index (χ3n) is 8.96. The van der Waals surface area contributed by atoms with Gasteiger partial charge in [-0.05, 0) is 76.2 Å². The maximum Gasteiger partial charge on any atom is 0.199 e. The first-order valence-electron chi connectivity index (χ1n) is 12.9. The molecule has 2 saturated carbocycles. The second kappa shape index (κ2) is 8.54. The van der Waals surface area contributed by atoms with Gasteiger partial charge in [-0.1, -0.05) is 20.4 Å². The molecule has 0 N–H and O–H groups in total. The molecule has 7 nitrogen and oxygen atoms in total. The summed E-state index contributed by atoms with van der Waals surface area (Å²) in [7, 11) is 0. The number of hydrogen-bond donors (Lipinski definition) is 0. The fourth-order valence-electron chi connectivity index (χ4n) is 7.28. The Morgan fingerprint density at radius 2 is 1.79 bits per heavy atom. The number of rotatable bonds is 5. The molecule has 10 atom stereocenters. The summed E-state index contributed by atoms with van der Waals surface area (Å²) in [6.07, 6.45) is 5.55. The van der Waals surface area contributed by atoms with E-state index >= 15 is 0 Å². The van der Waals surface area contributed by atoms with Gasteiger partial charge in [-0.3, -0.25) is 0 Å². The highest BCUT2D eigenvalue weighted by Crippen LogP contribution is 2.61. The third-order valence-corrected chi connectivity index (χ3v) is 8.96. The minimum atomic E-state index is -0.783. The molecule has 7 heteroatoms. The Kier molecular flexibility index (Phi) is 6.25. The van der Waals surface area contributed by atoms with Crippen molar-refractivity contribution in [1.29, 1.82) is 0 Å². The molecule has 6 fully saturated rings. The first-order chi connectivity index (χ1) is 15.5. The van der Waals surface area contributed by atoms with Crippen LogP contribution in [0.5, 0.6) is 0 Å².